The standard InChI is InChI=1S/C53H60N4O3S/c1-9-56-44-26-16-37-32-39(59-7)20-24-42(37)48(44)52(3,4)46(56)28-18-34-12-11-13-35(50(34)61-41-22-14-36(15-23-41)51(58)55-31-30-54)19-29-47-53(5,6)49-43-25-21-40(60-8)33-38(43)17-27-45(49)57(47)10-2/h14-29,32-33,46H,9-13,30-31,54H2,1-8H3,(H,55,58)/b28-18+,35-19+,47-29+. The molecular weight excluding hydrogens is 773 g/mol. The number of likely N-dealkylation sites (N-methyl/N-ethyl adjacent to an activating group) is 2. The number of rotatable bonds is 12. The van der Waals surface area contributed by atoms with Gasteiger partial charge in [0, 0.05) is 69.4 Å². The number of carbonyl (C=O) groups excluding carboxylic acids is 1. The number of hydrogen-bond donors (Lipinski definition) is 2. The molecule has 3 N–H and O–H groups in total. The van der Waals surface area contributed by atoms with Crippen LogP contribution in [0.2, 0.25) is 0 Å². The van der Waals surface area contributed by atoms with Crippen LogP contribution in [0.15, 0.2) is 136 Å². The highest BCUT2D eigenvalue weighted by atomic mass is 32.2. The summed E-state index contributed by atoms with van der Waals surface area (Å²) in [5, 5.41) is 7.85. The van der Waals surface area contributed by atoms with Gasteiger partial charge in [0.05, 0.1) is 20.3 Å². The van der Waals surface area contributed by atoms with Gasteiger partial charge in [-0.1, -0.05) is 82.0 Å². The van der Waals surface area contributed by atoms with Crippen molar-refractivity contribution in [2.75, 3.05) is 50.2 Å². The van der Waals surface area contributed by atoms with Crippen LogP contribution in [0.1, 0.15) is 82.3 Å². The van der Waals surface area contributed by atoms with Crippen LogP contribution in [-0.2, 0) is 10.8 Å². The van der Waals surface area contributed by atoms with Gasteiger partial charge in [-0.25, -0.2) is 0 Å². The van der Waals surface area contributed by atoms with Crippen LogP contribution < -0.4 is 30.3 Å². The van der Waals surface area contributed by atoms with Gasteiger partial charge in [0.2, 0.25) is 0 Å². The number of ether oxygens (including phenoxy) is 2. The van der Waals surface area contributed by atoms with Crippen molar-refractivity contribution in [3.63, 3.8) is 0 Å². The highest BCUT2D eigenvalue weighted by Gasteiger charge is 2.44. The Labute approximate surface area is 366 Å². The van der Waals surface area contributed by atoms with Crippen LogP contribution in [0.4, 0.5) is 11.4 Å². The first-order valence-corrected chi connectivity index (χ1v) is 22.6. The molecule has 0 spiro atoms. The molecule has 2 heterocycles. The van der Waals surface area contributed by atoms with Gasteiger partial charge >= 0.3 is 0 Å². The number of methoxy groups -OCH3 is 2. The number of amides is 1. The van der Waals surface area contributed by atoms with Crippen molar-refractivity contribution < 1.29 is 14.3 Å². The molecular formula is C53H60N4O3S. The van der Waals surface area contributed by atoms with E-state index in [0.29, 0.717) is 18.7 Å². The maximum atomic E-state index is 12.8. The number of nitrogens with two attached hydrogens (primary N) is 1. The molecule has 1 amide bonds. The molecule has 1 atom stereocenters. The lowest BCUT2D eigenvalue weighted by molar-refractivity contribution is 0.0954. The Morgan fingerprint density at radius 2 is 1.48 bits per heavy atom. The van der Waals surface area contributed by atoms with Crippen molar-refractivity contribution in [1.29, 1.82) is 0 Å². The fourth-order valence-corrected chi connectivity index (χ4v) is 11.2. The van der Waals surface area contributed by atoms with Gasteiger partial charge < -0.3 is 30.3 Å². The number of benzene rings is 5. The summed E-state index contributed by atoms with van der Waals surface area (Å²) in [6, 6.07) is 30.1. The Kier molecular flexibility index (Phi) is 11.9. The smallest absolute Gasteiger partial charge is 0.251 e. The van der Waals surface area contributed by atoms with E-state index in [2.05, 4.69) is 154 Å². The van der Waals surface area contributed by atoms with E-state index in [1.54, 1.807) is 14.2 Å². The second kappa shape index (κ2) is 17.1. The zero-order valence-corrected chi connectivity index (χ0v) is 37.8. The molecule has 0 bridgehead atoms. The van der Waals surface area contributed by atoms with E-state index in [1.165, 1.54) is 65.8 Å². The lowest BCUT2D eigenvalue weighted by Gasteiger charge is -2.32. The van der Waals surface area contributed by atoms with E-state index in [4.69, 9.17) is 15.2 Å². The van der Waals surface area contributed by atoms with E-state index < -0.39 is 0 Å². The minimum absolute atomic E-state index is 0.102. The Bertz CT molecular complexity index is 2620. The van der Waals surface area contributed by atoms with Crippen LogP contribution in [-0.4, -0.2) is 52.3 Å². The summed E-state index contributed by atoms with van der Waals surface area (Å²) in [6.45, 7) is 16.7. The predicted molar refractivity (Wildman–Crippen MR) is 257 cm³/mol. The summed E-state index contributed by atoms with van der Waals surface area (Å²) < 4.78 is 11.2. The Morgan fingerprint density at radius 1 is 0.820 bits per heavy atom. The van der Waals surface area contributed by atoms with Crippen LogP contribution in [0, 0.1) is 0 Å². The summed E-state index contributed by atoms with van der Waals surface area (Å²) in [4.78, 5) is 20.2. The first-order valence-electron chi connectivity index (χ1n) is 21.8. The Balaban J connectivity index is 1.20. The van der Waals surface area contributed by atoms with E-state index in [-0.39, 0.29) is 22.8 Å². The van der Waals surface area contributed by atoms with Crippen LogP contribution in [0.25, 0.3) is 21.5 Å². The third-order valence-corrected chi connectivity index (χ3v) is 14.3. The second-order valence-corrected chi connectivity index (χ2v) is 18.5. The highest BCUT2D eigenvalue weighted by Crippen LogP contribution is 2.52. The molecule has 5 aromatic rings. The molecule has 61 heavy (non-hydrogen) atoms. The number of hydrogen-bond acceptors (Lipinski definition) is 7. The molecule has 8 rings (SSSR count). The van der Waals surface area contributed by atoms with Gasteiger partial charge in [-0.2, -0.15) is 0 Å². The topological polar surface area (TPSA) is 80.1 Å². The molecule has 0 fully saturated rings. The first kappa shape index (κ1) is 42.3. The maximum absolute atomic E-state index is 12.8. The summed E-state index contributed by atoms with van der Waals surface area (Å²) >= 11 is 1.81. The molecule has 2 aliphatic heterocycles. The number of nitrogens with one attached hydrogen (secondary N) is 1. The zero-order valence-electron chi connectivity index (χ0n) is 37.0. The van der Waals surface area contributed by atoms with Crippen molar-refractivity contribution in [2.24, 2.45) is 5.73 Å². The van der Waals surface area contributed by atoms with Gasteiger partial charge in [0.15, 0.2) is 0 Å². The molecule has 8 heteroatoms. The monoisotopic (exact) mass is 832 g/mol. The lowest BCUT2D eigenvalue weighted by atomic mass is 9.78. The van der Waals surface area contributed by atoms with E-state index in [9.17, 15) is 4.79 Å². The molecule has 5 aromatic carbocycles. The number of fused-ring (bicyclic) bond motifs is 6. The average Bonchev–Trinajstić information content (AvgIpc) is 3.64. The van der Waals surface area contributed by atoms with E-state index in [0.717, 1.165) is 48.7 Å². The van der Waals surface area contributed by atoms with Gasteiger partial charge in [0.1, 0.15) is 11.5 Å². The van der Waals surface area contributed by atoms with E-state index in [1.807, 2.05) is 23.9 Å². The van der Waals surface area contributed by atoms with Gasteiger partial charge in [0.25, 0.3) is 5.91 Å². The second-order valence-electron chi connectivity index (χ2n) is 17.4. The number of carbonyl (C=O) groups is 1. The van der Waals surface area contributed by atoms with Crippen molar-refractivity contribution in [1.82, 2.24) is 5.32 Å². The molecule has 1 aliphatic carbocycles. The van der Waals surface area contributed by atoms with E-state index >= 15 is 0 Å². The quantitative estimate of drug-likeness (QED) is 0.130. The van der Waals surface area contributed by atoms with Crippen molar-refractivity contribution in [3.8, 4) is 11.5 Å². The Morgan fingerprint density at radius 3 is 2.10 bits per heavy atom. The third-order valence-electron chi connectivity index (χ3n) is 13.1. The largest absolute Gasteiger partial charge is 0.497 e. The van der Waals surface area contributed by atoms with Crippen molar-refractivity contribution in [3.05, 3.63) is 148 Å². The number of anilines is 2. The highest BCUT2D eigenvalue weighted by molar-refractivity contribution is 8.03. The van der Waals surface area contributed by atoms with Crippen molar-refractivity contribution >= 4 is 50.6 Å². The lowest BCUT2D eigenvalue weighted by Crippen LogP contribution is -2.39. The van der Waals surface area contributed by atoms with Gasteiger partial charge in [-0.3, -0.25) is 4.79 Å². The summed E-state index contributed by atoms with van der Waals surface area (Å²) in [6.07, 6.45) is 12.7. The molecule has 0 saturated heterocycles. The number of allylic oxidation sites excluding steroid dienone is 6. The SMILES string of the molecule is CCN1/C(=C/C=C2\CCCC(/C=C/C3N(CC)c4ccc5cc(OC)ccc5c4C3(C)C)=C2Sc2ccc(C(=O)NCCN)cc2)C(C)(C)c2c1ccc1cc(OC)ccc21. The molecule has 0 aromatic heterocycles. The fourth-order valence-electron chi connectivity index (χ4n) is 10.1. The average molecular weight is 833 g/mol. The molecule has 7 nitrogen and oxygen atoms in total. The van der Waals surface area contributed by atoms with Gasteiger partial charge in [-0.05, 0) is 144 Å². The van der Waals surface area contributed by atoms with Crippen LogP contribution >= 0.6 is 11.8 Å². The molecule has 316 valence electrons. The molecule has 0 saturated carbocycles. The summed E-state index contributed by atoms with van der Waals surface area (Å²) in [7, 11) is 3.46. The predicted octanol–water partition coefficient (Wildman–Crippen LogP) is 11.6. The molecule has 3 aliphatic rings. The number of thioether (sulfide) groups is 1. The summed E-state index contributed by atoms with van der Waals surface area (Å²) in [5.74, 6) is 1.65. The van der Waals surface area contributed by atoms with Crippen LogP contribution in [0.3, 0.4) is 0 Å². The number of nitrogens with zero attached hydrogens (tertiary/aromatic N) is 2. The maximum Gasteiger partial charge on any atom is 0.251 e. The normalized spacial score (nSPS) is 19.4. The Hall–Kier alpha value is -5.44. The molecule has 0 radical (unpaired) electrons. The molecule has 1 unspecified atom stereocenters. The zero-order chi connectivity index (χ0) is 43.1. The fraction of sp³-hybridized carbons (Fsp3) is 0.340. The first-order chi connectivity index (χ1) is 29.4. The summed E-state index contributed by atoms with van der Waals surface area (Å²) in [5.41, 5.74) is 15.3. The van der Waals surface area contributed by atoms with Gasteiger partial charge in [-0.15, -0.1) is 0 Å². The van der Waals surface area contributed by atoms with Crippen molar-refractivity contribution in [2.45, 2.75) is 82.6 Å². The minimum atomic E-state index is -0.215. The third kappa shape index (κ3) is 7.63. The van der Waals surface area contributed by atoms with Crippen LogP contribution in [0.5, 0.6) is 11.5 Å². The minimum Gasteiger partial charge on any atom is -0.497 e.